The molecule has 4 N–H and O–H groups in total. The maximum Gasteiger partial charge on any atom is 0.326 e. The van der Waals surface area contributed by atoms with Crippen molar-refractivity contribution >= 4 is 23.7 Å². The number of carbonyl (C=O) groups is 4. The number of carboxylic acid groups (broad SMARTS) is 1. The van der Waals surface area contributed by atoms with Crippen LogP contribution in [0.1, 0.15) is 110 Å². The second-order valence-electron chi connectivity index (χ2n) is 9.68. The van der Waals surface area contributed by atoms with E-state index >= 15 is 0 Å². The molecule has 0 aromatic carbocycles. The summed E-state index contributed by atoms with van der Waals surface area (Å²) in [6.45, 7) is 3.31. The average Bonchev–Trinajstić information content (AvgIpc) is 2.90. The quantitative estimate of drug-likeness (QED) is 0.116. The number of aliphatic carboxylic acids is 1. The van der Waals surface area contributed by atoms with Gasteiger partial charge >= 0.3 is 5.97 Å². The Bertz CT molecular complexity index is 632. The Morgan fingerprint density at radius 1 is 0.684 bits per heavy atom. The number of hydrogen-bond acceptors (Lipinski definition) is 6. The Hall–Kier alpha value is -2.20. The highest BCUT2D eigenvalue weighted by atomic mass is 16.5. The highest BCUT2D eigenvalue weighted by Crippen LogP contribution is 2.13. The van der Waals surface area contributed by atoms with Gasteiger partial charge in [-0.2, -0.15) is 0 Å². The molecule has 0 spiro atoms. The first-order chi connectivity index (χ1) is 18.4. The summed E-state index contributed by atoms with van der Waals surface area (Å²) in [5, 5.41) is 17.0. The smallest absolute Gasteiger partial charge is 0.326 e. The second-order valence-corrected chi connectivity index (χ2v) is 9.68. The molecule has 0 aromatic heterocycles. The van der Waals surface area contributed by atoms with Crippen LogP contribution in [-0.4, -0.2) is 74.9 Å². The van der Waals surface area contributed by atoms with E-state index in [9.17, 15) is 24.3 Å². The van der Waals surface area contributed by atoms with Gasteiger partial charge < -0.3 is 30.5 Å². The molecule has 0 fully saturated rings. The number of rotatable bonds is 27. The summed E-state index contributed by atoms with van der Waals surface area (Å²) in [4.78, 5) is 46.6. The van der Waals surface area contributed by atoms with Crippen LogP contribution in [-0.2, 0) is 28.7 Å². The molecule has 0 bridgehead atoms. The van der Waals surface area contributed by atoms with Gasteiger partial charge in [-0.05, 0) is 12.8 Å². The lowest BCUT2D eigenvalue weighted by Crippen LogP contribution is -2.41. The zero-order valence-electron chi connectivity index (χ0n) is 23.8. The highest BCUT2D eigenvalue weighted by Gasteiger charge is 2.20. The number of likely N-dealkylation sites (N-methyl/N-ethyl adjacent to an activating group) is 1. The standard InChI is InChI=1S/C28H53N3O7/c1-3-4-5-6-7-8-9-10-11-12-13-14-15-16-26(33)31-24(28(35)36)17-18-25(32)30-19-20-37-21-22-38-23-27(34)29-2/h24H,3-23H2,1-2H3,(H,29,34)(H,30,32)(H,31,33)(H,35,36). The molecule has 3 amide bonds. The number of carboxylic acids is 1. The van der Waals surface area contributed by atoms with Crippen LogP contribution < -0.4 is 16.0 Å². The van der Waals surface area contributed by atoms with Crippen LogP contribution in [0.15, 0.2) is 0 Å². The van der Waals surface area contributed by atoms with Crippen molar-refractivity contribution in [3.05, 3.63) is 0 Å². The van der Waals surface area contributed by atoms with Crippen molar-refractivity contribution in [3.8, 4) is 0 Å². The minimum atomic E-state index is -1.14. The molecule has 0 aliphatic carbocycles. The molecule has 1 unspecified atom stereocenters. The highest BCUT2D eigenvalue weighted by molar-refractivity contribution is 5.84. The van der Waals surface area contributed by atoms with Crippen LogP contribution in [0.5, 0.6) is 0 Å². The maximum absolute atomic E-state index is 12.2. The van der Waals surface area contributed by atoms with E-state index in [2.05, 4.69) is 22.9 Å². The summed E-state index contributed by atoms with van der Waals surface area (Å²) < 4.78 is 10.4. The molecule has 38 heavy (non-hydrogen) atoms. The molecule has 0 aliphatic heterocycles. The zero-order valence-corrected chi connectivity index (χ0v) is 23.8. The van der Waals surface area contributed by atoms with Gasteiger partial charge in [0.2, 0.25) is 17.7 Å². The van der Waals surface area contributed by atoms with Crippen molar-refractivity contribution in [2.75, 3.05) is 40.0 Å². The second kappa shape index (κ2) is 26.4. The van der Waals surface area contributed by atoms with Gasteiger partial charge in [0.15, 0.2) is 0 Å². The van der Waals surface area contributed by atoms with Gasteiger partial charge in [-0.15, -0.1) is 0 Å². The van der Waals surface area contributed by atoms with Crippen molar-refractivity contribution in [1.29, 1.82) is 0 Å². The molecule has 0 aliphatic rings. The van der Waals surface area contributed by atoms with E-state index in [4.69, 9.17) is 9.47 Å². The van der Waals surface area contributed by atoms with Crippen molar-refractivity contribution in [2.45, 2.75) is 116 Å². The number of ether oxygens (including phenoxy) is 2. The first-order valence-corrected chi connectivity index (χ1v) is 14.6. The summed E-state index contributed by atoms with van der Waals surface area (Å²) in [7, 11) is 1.53. The minimum Gasteiger partial charge on any atom is -0.480 e. The fraction of sp³-hybridized carbons (Fsp3) is 0.857. The Morgan fingerprint density at radius 3 is 1.79 bits per heavy atom. The van der Waals surface area contributed by atoms with Crippen LogP contribution in [0.2, 0.25) is 0 Å². The Labute approximate surface area is 229 Å². The maximum atomic E-state index is 12.2. The molecular weight excluding hydrogens is 490 g/mol. The molecule has 0 heterocycles. The predicted octanol–water partition coefficient (Wildman–Crippen LogP) is 3.71. The zero-order chi connectivity index (χ0) is 28.3. The molecule has 0 saturated carbocycles. The van der Waals surface area contributed by atoms with E-state index in [1.165, 1.54) is 71.3 Å². The molecule has 0 radical (unpaired) electrons. The largest absolute Gasteiger partial charge is 0.480 e. The first-order valence-electron chi connectivity index (χ1n) is 14.6. The monoisotopic (exact) mass is 543 g/mol. The number of hydrogen-bond donors (Lipinski definition) is 4. The Balaban J connectivity index is 3.73. The third kappa shape index (κ3) is 24.2. The molecule has 0 rings (SSSR count). The summed E-state index contributed by atoms with van der Waals surface area (Å²) in [5.41, 5.74) is 0. The van der Waals surface area contributed by atoms with Gasteiger partial charge in [0, 0.05) is 26.4 Å². The van der Waals surface area contributed by atoms with E-state index in [-0.39, 0.29) is 56.9 Å². The molecule has 0 saturated heterocycles. The van der Waals surface area contributed by atoms with Gasteiger partial charge in [-0.25, -0.2) is 4.79 Å². The number of nitrogens with one attached hydrogen (secondary N) is 3. The van der Waals surface area contributed by atoms with Crippen LogP contribution in [0.25, 0.3) is 0 Å². The number of unbranched alkanes of at least 4 members (excludes halogenated alkanes) is 12. The average molecular weight is 544 g/mol. The molecular formula is C28H53N3O7. The molecule has 1 atom stereocenters. The lowest BCUT2D eigenvalue weighted by atomic mass is 10.0. The van der Waals surface area contributed by atoms with Crippen molar-refractivity contribution in [2.24, 2.45) is 0 Å². The molecule has 0 aromatic rings. The van der Waals surface area contributed by atoms with Gasteiger partial charge in [-0.3, -0.25) is 14.4 Å². The topological polar surface area (TPSA) is 143 Å². The third-order valence-electron chi connectivity index (χ3n) is 6.25. The summed E-state index contributed by atoms with van der Waals surface area (Å²) in [6, 6.07) is -1.08. The Kier molecular flexibility index (Phi) is 24.9. The van der Waals surface area contributed by atoms with Crippen molar-refractivity contribution in [1.82, 2.24) is 16.0 Å². The lowest BCUT2D eigenvalue weighted by molar-refractivity contribution is -0.142. The number of carbonyl (C=O) groups excluding carboxylic acids is 3. The van der Waals surface area contributed by atoms with Crippen LogP contribution in [0.3, 0.4) is 0 Å². The van der Waals surface area contributed by atoms with E-state index in [1.807, 2.05) is 0 Å². The summed E-state index contributed by atoms with van der Waals surface area (Å²) >= 11 is 0. The van der Waals surface area contributed by atoms with Gasteiger partial charge in [0.1, 0.15) is 12.6 Å². The van der Waals surface area contributed by atoms with Gasteiger partial charge in [0.25, 0.3) is 0 Å². The lowest BCUT2D eigenvalue weighted by Gasteiger charge is -2.14. The predicted molar refractivity (Wildman–Crippen MR) is 148 cm³/mol. The van der Waals surface area contributed by atoms with E-state index in [1.54, 1.807) is 0 Å². The fourth-order valence-corrected chi connectivity index (χ4v) is 3.91. The minimum absolute atomic E-state index is 0.00870. The SMILES string of the molecule is CCCCCCCCCCCCCCCC(=O)NC(CCC(=O)NCCOCCOCC(=O)NC)C(=O)O. The van der Waals surface area contributed by atoms with Gasteiger partial charge in [0.05, 0.1) is 19.8 Å². The van der Waals surface area contributed by atoms with E-state index in [0.29, 0.717) is 13.0 Å². The first kappa shape index (κ1) is 35.8. The molecule has 10 nitrogen and oxygen atoms in total. The third-order valence-corrected chi connectivity index (χ3v) is 6.25. The van der Waals surface area contributed by atoms with Crippen LogP contribution in [0.4, 0.5) is 0 Å². The molecule has 10 heteroatoms. The number of amides is 3. The summed E-state index contributed by atoms with van der Waals surface area (Å²) in [6.07, 6.45) is 16.2. The van der Waals surface area contributed by atoms with E-state index in [0.717, 1.165) is 19.3 Å². The van der Waals surface area contributed by atoms with Crippen molar-refractivity contribution in [3.63, 3.8) is 0 Å². The van der Waals surface area contributed by atoms with E-state index < -0.39 is 12.0 Å². The van der Waals surface area contributed by atoms with Crippen molar-refractivity contribution < 1.29 is 33.8 Å². The normalized spacial score (nSPS) is 11.6. The summed E-state index contributed by atoms with van der Waals surface area (Å²) in [5.74, 6) is -1.95. The fourth-order valence-electron chi connectivity index (χ4n) is 3.91. The van der Waals surface area contributed by atoms with Gasteiger partial charge in [-0.1, -0.05) is 84.0 Å². The molecule has 222 valence electrons. The van der Waals surface area contributed by atoms with Crippen LogP contribution in [0, 0.1) is 0 Å². The van der Waals surface area contributed by atoms with Crippen LogP contribution >= 0.6 is 0 Å². The Morgan fingerprint density at radius 2 is 1.24 bits per heavy atom.